The highest BCUT2D eigenvalue weighted by molar-refractivity contribution is 5.79. The lowest BCUT2D eigenvalue weighted by Gasteiger charge is -2.20. The summed E-state index contributed by atoms with van der Waals surface area (Å²) in [7, 11) is 0. The molecule has 0 spiro atoms. The van der Waals surface area contributed by atoms with Crippen molar-refractivity contribution in [2.75, 3.05) is 6.61 Å². The predicted molar refractivity (Wildman–Crippen MR) is 126 cm³/mol. The molecule has 3 N–H and O–H groups in total. The molecule has 0 aromatic heterocycles. The Kier molecular flexibility index (Phi) is 8.46. The van der Waals surface area contributed by atoms with E-state index in [0.29, 0.717) is 12.8 Å². The van der Waals surface area contributed by atoms with Gasteiger partial charge >= 0.3 is 12.1 Å². The van der Waals surface area contributed by atoms with Gasteiger partial charge in [0.25, 0.3) is 0 Å². The summed E-state index contributed by atoms with van der Waals surface area (Å²) in [6.07, 6.45) is 1.38. The molecule has 0 aliphatic heterocycles. The number of carbonyl (C=O) groups excluding carboxylic acids is 2. The molecule has 0 saturated carbocycles. The molecule has 2 aromatic carbocycles. The van der Waals surface area contributed by atoms with Gasteiger partial charge in [0.1, 0.15) is 6.61 Å². The van der Waals surface area contributed by atoms with E-state index in [9.17, 15) is 14.4 Å². The molecule has 2 atom stereocenters. The van der Waals surface area contributed by atoms with Gasteiger partial charge in [-0.15, -0.1) is 0 Å². The van der Waals surface area contributed by atoms with Crippen molar-refractivity contribution >= 4 is 18.0 Å². The fourth-order valence-electron chi connectivity index (χ4n) is 4.35. The van der Waals surface area contributed by atoms with Gasteiger partial charge < -0.3 is 20.5 Å². The molecule has 7 nitrogen and oxygen atoms in total. The Hall–Kier alpha value is -3.35. The molecule has 1 aliphatic carbocycles. The Labute approximate surface area is 194 Å². The molecule has 2 unspecified atom stereocenters. The lowest BCUT2D eigenvalue weighted by molar-refractivity contribution is -0.137. The fourth-order valence-corrected chi connectivity index (χ4v) is 4.35. The number of carboxylic acid groups (broad SMARTS) is 1. The van der Waals surface area contributed by atoms with Crippen LogP contribution in [0.25, 0.3) is 11.1 Å². The first-order chi connectivity index (χ1) is 15.9. The number of aliphatic carboxylic acids is 1. The van der Waals surface area contributed by atoms with Crippen LogP contribution in [0.5, 0.6) is 0 Å². The maximum Gasteiger partial charge on any atom is 0.407 e. The van der Waals surface area contributed by atoms with E-state index in [0.717, 1.165) is 17.5 Å². The molecule has 1 aliphatic rings. The number of alkyl carbamates (subject to hydrolysis) is 1. The molecule has 0 bridgehead atoms. The first-order valence-electron chi connectivity index (χ1n) is 11.5. The largest absolute Gasteiger partial charge is 0.481 e. The molecule has 0 fully saturated rings. The van der Waals surface area contributed by atoms with Gasteiger partial charge in [-0.05, 0) is 42.0 Å². The summed E-state index contributed by atoms with van der Waals surface area (Å²) < 4.78 is 5.60. The van der Waals surface area contributed by atoms with Gasteiger partial charge in [0.15, 0.2) is 0 Å². The van der Waals surface area contributed by atoms with Crippen molar-refractivity contribution < 1.29 is 24.2 Å². The number of carboxylic acids is 1. The number of nitrogens with one attached hydrogen (secondary N) is 2. The van der Waals surface area contributed by atoms with Crippen molar-refractivity contribution in [3.05, 3.63) is 59.7 Å². The highest BCUT2D eigenvalue weighted by Gasteiger charge is 2.29. The standard InChI is InChI=1S/C26H32N2O5/c1-3-8-18(15-24(29)27-17(2)13-14-25(30)31)28-26(32)33-16-23-21-11-6-4-9-19(21)20-10-5-7-12-22(20)23/h4-7,9-12,17-18,23H,3,8,13-16H2,1-2H3,(H,27,29)(H,28,32)(H,30,31). The van der Waals surface area contributed by atoms with Crippen molar-refractivity contribution in [3.63, 3.8) is 0 Å². The normalized spacial score (nSPS) is 14.0. The van der Waals surface area contributed by atoms with Crippen LogP contribution < -0.4 is 10.6 Å². The highest BCUT2D eigenvalue weighted by Crippen LogP contribution is 2.44. The van der Waals surface area contributed by atoms with E-state index in [4.69, 9.17) is 9.84 Å². The van der Waals surface area contributed by atoms with Gasteiger partial charge in [0, 0.05) is 30.8 Å². The van der Waals surface area contributed by atoms with E-state index in [2.05, 4.69) is 34.9 Å². The van der Waals surface area contributed by atoms with Crippen LogP contribution in [0, 0.1) is 0 Å². The SMILES string of the molecule is CCCC(CC(=O)NC(C)CCC(=O)O)NC(=O)OCC1c2ccccc2-c2ccccc21. The van der Waals surface area contributed by atoms with E-state index < -0.39 is 12.1 Å². The van der Waals surface area contributed by atoms with Gasteiger partial charge in [0.05, 0.1) is 0 Å². The number of fused-ring (bicyclic) bond motifs is 3. The first kappa shape index (κ1) is 24.3. The number of ether oxygens (including phenoxy) is 1. The predicted octanol–water partition coefficient (Wildman–Crippen LogP) is 4.45. The van der Waals surface area contributed by atoms with Gasteiger partial charge in [0.2, 0.25) is 5.91 Å². The lowest BCUT2D eigenvalue weighted by atomic mass is 9.98. The molecule has 2 aromatic rings. The summed E-state index contributed by atoms with van der Waals surface area (Å²) in [6.45, 7) is 3.98. The Morgan fingerprint density at radius 1 is 0.970 bits per heavy atom. The minimum Gasteiger partial charge on any atom is -0.481 e. The van der Waals surface area contributed by atoms with Gasteiger partial charge in [-0.2, -0.15) is 0 Å². The Balaban J connectivity index is 1.54. The molecular weight excluding hydrogens is 420 g/mol. The highest BCUT2D eigenvalue weighted by atomic mass is 16.5. The monoisotopic (exact) mass is 452 g/mol. The summed E-state index contributed by atoms with van der Waals surface area (Å²) >= 11 is 0. The van der Waals surface area contributed by atoms with E-state index in [1.807, 2.05) is 31.2 Å². The van der Waals surface area contributed by atoms with Crippen LogP contribution >= 0.6 is 0 Å². The zero-order valence-corrected chi connectivity index (χ0v) is 19.2. The number of hydrogen-bond donors (Lipinski definition) is 3. The molecule has 3 rings (SSSR count). The molecular formula is C26H32N2O5. The van der Waals surface area contributed by atoms with Crippen LogP contribution in [0.15, 0.2) is 48.5 Å². The zero-order valence-electron chi connectivity index (χ0n) is 19.2. The number of benzene rings is 2. The summed E-state index contributed by atoms with van der Waals surface area (Å²) in [5.74, 6) is -1.13. The maximum atomic E-state index is 12.6. The number of hydrogen-bond acceptors (Lipinski definition) is 4. The number of rotatable bonds is 11. The average Bonchev–Trinajstić information content (AvgIpc) is 3.10. The summed E-state index contributed by atoms with van der Waals surface area (Å²) in [5, 5.41) is 14.4. The molecule has 33 heavy (non-hydrogen) atoms. The van der Waals surface area contributed by atoms with Crippen molar-refractivity contribution in [1.29, 1.82) is 0 Å². The van der Waals surface area contributed by atoms with Crippen LogP contribution in [0.1, 0.15) is 63.0 Å². The second kappa shape index (κ2) is 11.5. The Morgan fingerprint density at radius 2 is 1.58 bits per heavy atom. The van der Waals surface area contributed by atoms with Crippen LogP contribution in [-0.4, -0.2) is 41.8 Å². The van der Waals surface area contributed by atoms with E-state index in [1.54, 1.807) is 6.92 Å². The summed E-state index contributed by atoms with van der Waals surface area (Å²) in [4.78, 5) is 35.6. The van der Waals surface area contributed by atoms with E-state index in [-0.39, 0.29) is 43.4 Å². The quantitative estimate of drug-likeness (QED) is 0.467. The third-order valence-electron chi connectivity index (χ3n) is 5.93. The van der Waals surface area contributed by atoms with E-state index in [1.165, 1.54) is 11.1 Å². The molecule has 0 saturated heterocycles. The van der Waals surface area contributed by atoms with Gasteiger partial charge in [-0.1, -0.05) is 61.9 Å². The Morgan fingerprint density at radius 3 is 2.15 bits per heavy atom. The molecule has 2 amide bonds. The molecule has 0 radical (unpaired) electrons. The third kappa shape index (κ3) is 6.57. The smallest absolute Gasteiger partial charge is 0.407 e. The number of amides is 2. The molecule has 0 heterocycles. The first-order valence-corrected chi connectivity index (χ1v) is 11.5. The van der Waals surface area contributed by atoms with Crippen molar-refractivity contribution in [3.8, 4) is 11.1 Å². The van der Waals surface area contributed by atoms with Crippen LogP contribution in [0.2, 0.25) is 0 Å². The third-order valence-corrected chi connectivity index (χ3v) is 5.93. The maximum absolute atomic E-state index is 12.6. The van der Waals surface area contributed by atoms with Crippen LogP contribution in [-0.2, 0) is 14.3 Å². The van der Waals surface area contributed by atoms with Crippen LogP contribution in [0.3, 0.4) is 0 Å². The summed E-state index contributed by atoms with van der Waals surface area (Å²) in [5.41, 5.74) is 4.62. The summed E-state index contributed by atoms with van der Waals surface area (Å²) in [6, 6.07) is 15.7. The zero-order chi connectivity index (χ0) is 23.8. The minimum atomic E-state index is -0.892. The van der Waals surface area contributed by atoms with Gasteiger partial charge in [-0.3, -0.25) is 9.59 Å². The van der Waals surface area contributed by atoms with Crippen molar-refractivity contribution in [2.24, 2.45) is 0 Å². The fraction of sp³-hybridized carbons (Fsp3) is 0.423. The molecule has 176 valence electrons. The van der Waals surface area contributed by atoms with E-state index >= 15 is 0 Å². The second-order valence-electron chi connectivity index (χ2n) is 8.56. The van der Waals surface area contributed by atoms with Gasteiger partial charge in [-0.25, -0.2) is 4.79 Å². The van der Waals surface area contributed by atoms with Crippen LogP contribution in [0.4, 0.5) is 4.79 Å². The average molecular weight is 453 g/mol. The lowest BCUT2D eigenvalue weighted by Crippen LogP contribution is -2.41. The van der Waals surface area contributed by atoms with Crippen molar-refractivity contribution in [1.82, 2.24) is 10.6 Å². The van der Waals surface area contributed by atoms with Crippen molar-refractivity contribution in [2.45, 2.75) is 64.0 Å². The number of carbonyl (C=O) groups is 3. The molecule has 7 heteroatoms. The topological polar surface area (TPSA) is 105 Å². The second-order valence-corrected chi connectivity index (χ2v) is 8.56. The Bertz CT molecular complexity index is 945. The minimum absolute atomic E-state index is 0.00215.